The van der Waals surface area contributed by atoms with E-state index in [1.165, 1.54) is 11.3 Å². The van der Waals surface area contributed by atoms with E-state index in [4.69, 9.17) is 16.6 Å². The van der Waals surface area contributed by atoms with Gasteiger partial charge in [-0.2, -0.15) is 0 Å². The van der Waals surface area contributed by atoms with Gasteiger partial charge in [0.25, 0.3) is 0 Å². The van der Waals surface area contributed by atoms with E-state index in [1.807, 2.05) is 48.5 Å². The van der Waals surface area contributed by atoms with Crippen LogP contribution in [0, 0.1) is 0 Å². The summed E-state index contributed by atoms with van der Waals surface area (Å²) in [5.41, 5.74) is 7.46. The highest BCUT2D eigenvalue weighted by Crippen LogP contribution is 2.34. The molecule has 0 saturated carbocycles. The highest BCUT2D eigenvalue weighted by atomic mass is 35.5. The molecule has 1 unspecified atom stereocenters. The van der Waals surface area contributed by atoms with Gasteiger partial charge in [-0.25, -0.2) is 0 Å². The molecule has 132 valence electrons. The molecule has 1 atom stereocenters. The van der Waals surface area contributed by atoms with Gasteiger partial charge < -0.3 is 10.4 Å². The highest BCUT2D eigenvalue weighted by molar-refractivity contribution is 6.30. The lowest BCUT2D eigenvalue weighted by molar-refractivity contribution is 0.199. The normalized spacial score (nSPS) is 14.1. The second-order valence-electron chi connectivity index (χ2n) is 6.77. The number of aliphatic hydroxyl groups is 1. The minimum Gasteiger partial charge on any atom is -0.389 e. The smallest absolute Gasteiger partial charge is 0.0761 e. The molecule has 0 aliphatic heterocycles. The first-order valence-electron chi connectivity index (χ1n) is 8.94. The summed E-state index contributed by atoms with van der Waals surface area (Å²) in [6, 6.07) is 17.8. The van der Waals surface area contributed by atoms with E-state index in [2.05, 4.69) is 11.4 Å². The van der Waals surface area contributed by atoms with Crippen LogP contribution < -0.4 is 5.32 Å². The van der Waals surface area contributed by atoms with E-state index >= 15 is 0 Å². The van der Waals surface area contributed by atoms with Crippen LogP contribution in [0.4, 0.5) is 11.4 Å². The number of hydrogen-bond acceptors (Lipinski definition) is 3. The molecule has 0 saturated heterocycles. The number of aryl methyl sites for hydroxylation is 1. The highest BCUT2D eigenvalue weighted by Gasteiger charge is 2.19. The van der Waals surface area contributed by atoms with Gasteiger partial charge in [0.2, 0.25) is 0 Å². The van der Waals surface area contributed by atoms with Crippen LogP contribution in [-0.2, 0) is 12.8 Å². The fourth-order valence-corrected chi connectivity index (χ4v) is 3.64. The van der Waals surface area contributed by atoms with Crippen LogP contribution in [-0.4, -0.2) is 10.1 Å². The zero-order valence-corrected chi connectivity index (χ0v) is 15.4. The molecule has 1 aromatic heterocycles. The van der Waals surface area contributed by atoms with Crippen LogP contribution in [0.5, 0.6) is 0 Å². The van der Waals surface area contributed by atoms with Gasteiger partial charge in [0, 0.05) is 27.7 Å². The molecule has 0 amide bonds. The first kappa shape index (κ1) is 17.1. The number of anilines is 2. The van der Waals surface area contributed by atoms with Crippen molar-refractivity contribution >= 4 is 23.0 Å². The van der Waals surface area contributed by atoms with Gasteiger partial charge in [0.1, 0.15) is 0 Å². The zero-order valence-electron chi connectivity index (χ0n) is 14.7. The molecule has 2 aromatic carbocycles. The molecule has 2 N–H and O–H groups in total. The molecular formula is C22H21ClN2O. The molecule has 26 heavy (non-hydrogen) atoms. The summed E-state index contributed by atoms with van der Waals surface area (Å²) in [6.45, 7) is 1.77. The van der Waals surface area contributed by atoms with E-state index in [9.17, 15) is 5.11 Å². The van der Waals surface area contributed by atoms with Crippen LogP contribution in [0.25, 0.3) is 11.3 Å². The van der Waals surface area contributed by atoms with E-state index in [-0.39, 0.29) is 0 Å². The van der Waals surface area contributed by atoms with Gasteiger partial charge in [-0.15, -0.1) is 0 Å². The standard InChI is InChI=1S/C22H21ClN2O/c1-14(26)15-8-10-18(11-9-15)24-22-13-21(16-4-2-5-17(23)12-16)25-20-7-3-6-19(20)22/h2,4-5,8-14,26H,3,6-7H2,1H3,(H,24,25). The van der Waals surface area contributed by atoms with Gasteiger partial charge in [-0.3, -0.25) is 4.98 Å². The number of hydrogen-bond donors (Lipinski definition) is 2. The minimum absolute atomic E-state index is 0.455. The van der Waals surface area contributed by atoms with Gasteiger partial charge in [-0.05, 0) is 67.6 Å². The van der Waals surface area contributed by atoms with Crippen molar-refractivity contribution in [1.29, 1.82) is 0 Å². The first-order chi connectivity index (χ1) is 12.6. The third-order valence-corrected chi connectivity index (χ3v) is 5.08. The largest absolute Gasteiger partial charge is 0.389 e. The molecule has 3 nitrogen and oxygen atoms in total. The summed E-state index contributed by atoms with van der Waals surface area (Å²) in [7, 11) is 0. The number of aliphatic hydroxyl groups excluding tert-OH is 1. The Morgan fingerprint density at radius 3 is 2.62 bits per heavy atom. The van der Waals surface area contributed by atoms with Crippen LogP contribution in [0.3, 0.4) is 0 Å². The molecule has 1 heterocycles. The summed E-state index contributed by atoms with van der Waals surface area (Å²) in [5.74, 6) is 0. The second-order valence-corrected chi connectivity index (χ2v) is 7.20. The first-order valence-corrected chi connectivity index (χ1v) is 9.32. The third kappa shape index (κ3) is 3.46. The molecule has 4 heteroatoms. The van der Waals surface area contributed by atoms with Crippen molar-refractivity contribution in [1.82, 2.24) is 4.98 Å². The average Bonchev–Trinajstić information content (AvgIpc) is 3.11. The maximum absolute atomic E-state index is 9.68. The summed E-state index contributed by atoms with van der Waals surface area (Å²) < 4.78 is 0. The predicted molar refractivity (Wildman–Crippen MR) is 107 cm³/mol. The van der Waals surface area contributed by atoms with Gasteiger partial charge in [-0.1, -0.05) is 35.9 Å². The number of halogens is 1. The molecule has 1 aliphatic carbocycles. The lowest BCUT2D eigenvalue weighted by atomic mass is 10.1. The summed E-state index contributed by atoms with van der Waals surface area (Å²) in [5, 5.41) is 13.9. The third-order valence-electron chi connectivity index (χ3n) is 4.84. The number of rotatable bonds is 4. The Hall–Kier alpha value is -2.36. The summed E-state index contributed by atoms with van der Waals surface area (Å²) in [6.07, 6.45) is 2.74. The fourth-order valence-electron chi connectivity index (χ4n) is 3.45. The number of fused-ring (bicyclic) bond motifs is 1. The maximum atomic E-state index is 9.68. The number of nitrogens with one attached hydrogen (secondary N) is 1. The van der Waals surface area contributed by atoms with Crippen LogP contribution >= 0.6 is 11.6 Å². The van der Waals surface area contributed by atoms with Gasteiger partial charge in [0.05, 0.1) is 11.8 Å². The Kier molecular flexibility index (Phi) is 4.66. The number of aromatic nitrogens is 1. The van der Waals surface area contributed by atoms with Crippen LogP contribution in [0.15, 0.2) is 54.6 Å². The SMILES string of the molecule is CC(O)c1ccc(Nc2cc(-c3cccc(Cl)c3)nc3c2CCC3)cc1. The monoisotopic (exact) mass is 364 g/mol. The number of nitrogens with zero attached hydrogens (tertiary/aromatic N) is 1. The lowest BCUT2D eigenvalue weighted by Gasteiger charge is -2.14. The minimum atomic E-state index is -0.455. The molecule has 0 fully saturated rings. The van der Waals surface area contributed by atoms with E-state index in [0.717, 1.165) is 47.5 Å². The summed E-state index contributed by atoms with van der Waals surface area (Å²) in [4.78, 5) is 4.87. The van der Waals surface area contributed by atoms with Gasteiger partial charge in [0.15, 0.2) is 0 Å². The van der Waals surface area contributed by atoms with Crippen molar-refractivity contribution < 1.29 is 5.11 Å². The number of pyridine rings is 1. The van der Waals surface area contributed by atoms with Crippen molar-refractivity contribution in [2.45, 2.75) is 32.3 Å². The molecular weight excluding hydrogens is 344 g/mol. The molecule has 1 aliphatic rings. The molecule has 3 aromatic rings. The maximum Gasteiger partial charge on any atom is 0.0761 e. The lowest BCUT2D eigenvalue weighted by Crippen LogP contribution is -2.00. The Labute approximate surface area is 158 Å². The van der Waals surface area contributed by atoms with Crippen molar-refractivity contribution in [2.75, 3.05) is 5.32 Å². The zero-order chi connectivity index (χ0) is 18.1. The molecule has 0 spiro atoms. The van der Waals surface area contributed by atoms with Crippen molar-refractivity contribution in [3.05, 3.63) is 76.4 Å². The van der Waals surface area contributed by atoms with Gasteiger partial charge >= 0.3 is 0 Å². The average molecular weight is 365 g/mol. The Balaban J connectivity index is 1.71. The predicted octanol–water partition coefficient (Wildman–Crippen LogP) is 5.69. The Bertz CT molecular complexity index is 935. The summed E-state index contributed by atoms with van der Waals surface area (Å²) >= 11 is 6.16. The topological polar surface area (TPSA) is 45.1 Å². The Morgan fingerprint density at radius 1 is 1.08 bits per heavy atom. The molecule has 4 rings (SSSR count). The van der Waals surface area contributed by atoms with E-state index < -0.39 is 6.10 Å². The van der Waals surface area contributed by atoms with Crippen molar-refractivity contribution in [2.24, 2.45) is 0 Å². The van der Waals surface area contributed by atoms with Crippen LogP contribution in [0.1, 0.15) is 36.3 Å². The van der Waals surface area contributed by atoms with Crippen molar-refractivity contribution in [3.63, 3.8) is 0 Å². The molecule has 0 radical (unpaired) electrons. The number of benzene rings is 2. The van der Waals surface area contributed by atoms with Crippen molar-refractivity contribution in [3.8, 4) is 11.3 Å². The second kappa shape index (κ2) is 7.10. The van der Waals surface area contributed by atoms with E-state index in [1.54, 1.807) is 6.92 Å². The molecule has 0 bridgehead atoms. The Morgan fingerprint density at radius 2 is 1.88 bits per heavy atom. The van der Waals surface area contributed by atoms with E-state index in [0.29, 0.717) is 5.02 Å². The quantitative estimate of drug-likeness (QED) is 0.625. The van der Waals surface area contributed by atoms with Crippen LogP contribution in [0.2, 0.25) is 5.02 Å². The fraction of sp³-hybridized carbons (Fsp3) is 0.227.